The van der Waals surface area contributed by atoms with Crippen LogP contribution in [0, 0.1) is 0 Å². The summed E-state index contributed by atoms with van der Waals surface area (Å²) in [5, 5.41) is 8.41. The van der Waals surface area contributed by atoms with E-state index in [1.165, 1.54) is 36.8 Å². The molecule has 0 aromatic heterocycles. The van der Waals surface area contributed by atoms with E-state index in [2.05, 4.69) is 17.6 Å². The number of hydroxylamine groups is 1. The molecule has 0 bridgehead atoms. The second-order valence-corrected chi connectivity index (χ2v) is 3.89. The van der Waals surface area contributed by atoms with E-state index in [4.69, 9.17) is 9.94 Å². The van der Waals surface area contributed by atoms with Gasteiger partial charge in [0.25, 0.3) is 0 Å². The number of ether oxygens (including phenoxy) is 1. The van der Waals surface area contributed by atoms with Crippen LogP contribution < -0.4 is 10.2 Å². The van der Waals surface area contributed by atoms with Gasteiger partial charge in [-0.3, -0.25) is 0 Å². The molecule has 2 N–H and O–H groups in total. The molecule has 15 heavy (non-hydrogen) atoms. The van der Waals surface area contributed by atoms with E-state index in [1.54, 1.807) is 0 Å². The van der Waals surface area contributed by atoms with Gasteiger partial charge in [-0.05, 0) is 48.9 Å². The zero-order valence-electron chi connectivity index (χ0n) is 8.83. The van der Waals surface area contributed by atoms with Crippen molar-refractivity contribution in [3.05, 3.63) is 29.3 Å². The van der Waals surface area contributed by atoms with E-state index in [-0.39, 0.29) is 0 Å². The molecule has 0 atom stereocenters. The molecular formula is C12H17NO2. The Bertz CT molecular complexity index is 325. The fraction of sp³-hybridized carbons (Fsp3) is 0.500. The Balaban J connectivity index is 2.00. The smallest absolute Gasteiger partial charge is 0.119 e. The van der Waals surface area contributed by atoms with Crippen molar-refractivity contribution in [1.82, 2.24) is 5.48 Å². The summed E-state index contributed by atoms with van der Waals surface area (Å²) in [4.78, 5) is 0. The average Bonchev–Trinajstić information content (AvgIpc) is 2.29. The van der Waals surface area contributed by atoms with Crippen LogP contribution in [0.3, 0.4) is 0 Å². The van der Waals surface area contributed by atoms with Gasteiger partial charge in [0, 0.05) is 0 Å². The molecule has 1 aliphatic carbocycles. The molecule has 0 aliphatic heterocycles. The largest absolute Gasteiger partial charge is 0.492 e. The van der Waals surface area contributed by atoms with Crippen LogP contribution in [-0.4, -0.2) is 18.4 Å². The van der Waals surface area contributed by atoms with Gasteiger partial charge in [-0.2, -0.15) is 0 Å². The Morgan fingerprint density at radius 2 is 2.00 bits per heavy atom. The van der Waals surface area contributed by atoms with Crippen molar-refractivity contribution in [3.8, 4) is 5.75 Å². The zero-order valence-corrected chi connectivity index (χ0v) is 8.83. The summed E-state index contributed by atoms with van der Waals surface area (Å²) in [6, 6.07) is 6.31. The van der Waals surface area contributed by atoms with Crippen molar-refractivity contribution in [3.63, 3.8) is 0 Å². The number of rotatable bonds is 4. The third kappa shape index (κ3) is 2.70. The maximum Gasteiger partial charge on any atom is 0.119 e. The summed E-state index contributed by atoms with van der Waals surface area (Å²) in [6.45, 7) is 0.951. The molecule has 0 radical (unpaired) electrons. The molecule has 0 spiro atoms. The highest BCUT2D eigenvalue weighted by molar-refractivity contribution is 5.37. The van der Waals surface area contributed by atoms with Crippen molar-refractivity contribution in [2.24, 2.45) is 0 Å². The van der Waals surface area contributed by atoms with Crippen LogP contribution in [0.15, 0.2) is 18.2 Å². The minimum Gasteiger partial charge on any atom is -0.492 e. The molecule has 1 aliphatic rings. The van der Waals surface area contributed by atoms with E-state index in [9.17, 15) is 0 Å². The van der Waals surface area contributed by atoms with Crippen LogP contribution in [0.2, 0.25) is 0 Å². The number of aryl methyl sites for hydroxylation is 2. The number of hydrogen-bond acceptors (Lipinski definition) is 3. The molecule has 1 aromatic carbocycles. The summed E-state index contributed by atoms with van der Waals surface area (Å²) in [5.74, 6) is 0.908. The molecule has 0 amide bonds. The van der Waals surface area contributed by atoms with E-state index in [0.717, 1.165) is 5.75 Å². The molecule has 0 saturated carbocycles. The van der Waals surface area contributed by atoms with Gasteiger partial charge in [0.15, 0.2) is 0 Å². The molecule has 3 heteroatoms. The van der Waals surface area contributed by atoms with Crippen LogP contribution in [0.25, 0.3) is 0 Å². The van der Waals surface area contributed by atoms with Crippen LogP contribution in [0.4, 0.5) is 0 Å². The van der Waals surface area contributed by atoms with Gasteiger partial charge in [-0.15, -0.1) is 0 Å². The number of fused-ring (bicyclic) bond motifs is 1. The van der Waals surface area contributed by atoms with Crippen molar-refractivity contribution >= 4 is 0 Å². The Morgan fingerprint density at radius 1 is 1.20 bits per heavy atom. The third-order valence-corrected chi connectivity index (χ3v) is 2.80. The molecule has 82 valence electrons. The molecular weight excluding hydrogens is 190 g/mol. The van der Waals surface area contributed by atoms with Crippen molar-refractivity contribution in [2.75, 3.05) is 13.2 Å². The highest BCUT2D eigenvalue weighted by atomic mass is 16.5. The summed E-state index contributed by atoms with van der Waals surface area (Å²) < 4.78 is 5.49. The normalized spacial score (nSPS) is 14.7. The maximum absolute atomic E-state index is 8.41. The van der Waals surface area contributed by atoms with Gasteiger partial charge in [0.2, 0.25) is 0 Å². The second kappa shape index (κ2) is 5.14. The van der Waals surface area contributed by atoms with Gasteiger partial charge in [0.05, 0.1) is 6.54 Å². The van der Waals surface area contributed by atoms with Crippen LogP contribution >= 0.6 is 0 Å². The molecule has 0 heterocycles. The molecule has 1 aromatic rings. The lowest BCUT2D eigenvalue weighted by Gasteiger charge is -2.16. The third-order valence-electron chi connectivity index (χ3n) is 2.80. The van der Waals surface area contributed by atoms with E-state index >= 15 is 0 Å². The standard InChI is InChI=1S/C12H17NO2/c14-13-7-8-15-12-6-5-10-3-1-2-4-11(10)9-12/h5-6,9,13-14H,1-4,7-8H2. The van der Waals surface area contributed by atoms with Crippen LogP contribution in [0.5, 0.6) is 5.75 Å². The number of nitrogens with one attached hydrogen (secondary N) is 1. The lowest BCUT2D eigenvalue weighted by Crippen LogP contribution is -2.16. The predicted octanol–water partition coefficient (Wildman–Crippen LogP) is 1.92. The topological polar surface area (TPSA) is 41.5 Å². The van der Waals surface area contributed by atoms with Crippen LogP contribution in [-0.2, 0) is 12.8 Å². The lowest BCUT2D eigenvalue weighted by atomic mass is 9.92. The first-order chi connectivity index (χ1) is 7.40. The number of benzene rings is 1. The van der Waals surface area contributed by atoms with Gasteiger partial charge >= 0.3 is 0 Å². The van der Waals surface area contributed by atoms with E-state index in [0.29, 0.717) is 13.2 Å². The van der Waals surface area contributed by atoms with Crippen molar-refractivity contribution < 1.29 is 9.94 Å². The minimum atomic E-state index is 0.455. The van der Waals surface area contributed by atoms with Gasteiger partial charge < -0.3 is 9.94 Å². The summed E-state index contributed by atoms with van der Waals surface area (Å²) in [6.07, 6.45) is 4.97. The Labute approximate surface area is 90.0 Å². The first-order valence-electron chi connectivity index (χ1n) is 5.52. The lowest BCUT2D eigenvalue weighted by molar-refractivity contribution is 0.145. The SMILES string of the molecule is ONCCOc1ccc2c(c1)CCCC2. The molecule has 0 fully saturated rings. The second-order valence-electron chi connectivity index (χ2n) is 3.89. The summed E-state index contributed by atoms with van der Waals surface area (Å²) in [5.41, 5.74) is 4.97. The first-order valence-corrected chi connectivity index (χ1v) is 5.52. The fourth-order valence-electron chi connectivity index (χ4n) is 2.01. The maximum atomic E-state index is 8.41. The molecule has 0 unspecified atom stereocenters. The van der Waals surface area contributed by atoms with Gasteiger partial charge in [0.1, 0.15) is 12.4 Å². The Morgan fingerprint density at radius 3 is 2.80 bits per heavy atom. The van der Waals surface area contributed by atoms with Crippen molar-refractivity contribution in [2.45, 2.75) is 25.7 Å². The first kappa shape index (κ1) is 10.5. The van der Waals surface area contributed by atoms with Gasteiger partial charge in [-0.25, -0.2) is 5.48 Å². The summed E-state index contributed by atoms with van der Waals surface area (Å²) >= 11 is 0. The predicted molar refractivity (Wildman–Crippen MR) is 58.4 cm³/mol. The van der Waals surface area contributed by atoms with E-state index < -0.39 is 0 Å². The fourth-order valence-corrected chi connectivity index (χ4v) is 2.01. The zero-order chi connectivity index (χ0) is 10.5. The van der Waals surface area contributed by atoms with Crippen molar-refractivity contribution in [1.29, 1.82) is 0 Å². The number of hydrogen-bond donors (Lipinski definition) is 2. The Kier molecular flexibility index (Phi) is 3.59. The van der Waals surface area contributed by atoms with Gasteiger partial charge in [-0.1, -0.05) is 6.07 Å². The monoisotopic (exact) mass is 207 g/mol. The molecule has 0 saturated heterocycles. The van der Waals surface area contributed by atoms with E-state index in [1.807, 2.05) is 6.07 Å². The molecule has 2 rings (SSSR count). The van der Waals surface area contributed by atoms with Crippen LogP contribution in [0.1, 0.15) is 24.0 Å². The summed E-state index contributed by atoms with van der Waals surface area (Å²) in [7, 11) is 0. The highest BCUT2D eigenvalue weighted by Crippen LogP contribution is 2.25. The minimum absolute atomic E-state index is 0.455. The average molecular weight is 207 g/mol. The quantitative estimate of drug-likeness (QED) is 0.585. The highest BCUT2D eigenvalue weighted by Gasteiger charge is 2.09. The Hall–Kier alpha value is -1.06. The molecule has 3 nitrogen and oxygen atoms in total.